The zero-order valence-corrected chi connectivity index (χ0v) is 17.0. The molecule has 140 valence electrons. The number of ketones is 1. The van der Waals surface area contributed by atoms with Gasteiger partial charge in [-0.05, 0) is 42.3 Å². The first-order valence-corrected chi connectivity index (χ1v) is 9.45. The van der Waals surface area contributed by atoms with Gasteiger partial charge in [0.05, 0.1) is 16.8 Å². The Morgan fingerprint density at radius 2 is 1.63 bits per heavy atom. The van der Waals surface area contributed by atoms with Gasteiger partial charge in [-0.1, -0.05) is 52.5 Å². The van der Waals surface area contributed by atoms with Crippen LogP contribution in [0.25, 0.3) is 0 Å². The monoisotopic (exact) mass is 442 g/mol. The van der Waals surface area contributed by atoms with E-state index in [1.807, 2.05) is 6.07 Å². The highest BCUT2D eigenvalue weighted by molar-refractivity contribution is 6.36. The minimum absolute atomic E-state index is 0.0634. The Morgan fingerprint density at radius 3 is 2.30 bits per heavy atom. The van der Waals surface area contributed by atoms with Gasteiger partial charge in [-0.3, -0.25) is 9.59 Å². The summed E-state index contributed by atoms with van der Waals surface area (Å²) in [5.74, 6) is -1.61. The SMILES string of the molecule is N#C[C@H](C(=O)CCCC(=O)Nc1cc(Cl)ccc1Cl)c1ccc(Cl)cc1Cl. The fourth-order valence-corrected chi connectivity index (χ4v) is 3.28. The molecule has 0 aliphatic heterocycles. The molecule has 0 fully saturated rings. The van der Waals surface area contributed by atoms with Crippen LogP contribution in [0, 0.1) is 11.3 Å². The van der Waals surface area contributed by atoms with Gasteiger partial charge < -0.3 is 5.32 Å². The standard InChI is InChI=1S/C19H14Cl4N2O2/c20-11-4-6-13(16(23)8-11)14(10-24)18(26)2-1-3-19(27)25-17-9-12(21)5-7-15(17)22/h4-9,14H,1-3H2,(H,25,27)/t14-/m0/s1. The number of halogens is 4. The molecule has 2 aromatic carbocycles. The number of anilines is 1. The molecule has 0 saturated carbocycles. The molecule has 0 radical (unpaired) electrons. The number of nitrogens with one attached hydrogen (secondary N) is 1. The largest absolute Gasteiger partial charge is 0.325 e. The molecule has 0 heterocycles. The third-order valence-electron chi connectivity index (χ3n) is 3.75. The van der Waals surface area contributed by atoms with Crippen LogP contribution < -0.4 is 5.32 Å². The van der Waals surface area contributed by atoms with Gasteiger partial charge in [-0.25, -0.2) is 0 Å². The van der Waals surface area contributed by atoms with E-state index in [1.165, 1.54) is 6.07 Å². The Balaban J connectivity index is 1.91. The van der Waals surface area contributed by atoms with E-state index in [4.69, 9.17) is 46.4 Å². The first-order chi connectivity index (χ1) is 12.8. The van der Waals surface area contributed by atoms with Crippen molar-refractivity contribution in [2.24, 2.45) is 0 Å². The smallest absolute Gasteiger partial charge is 0.224 e. The van der Waals surface area contributed by atoms with Crippen molar-refractivity contribution in [3.05, 3.63) is 62.1 Å². The molecule has 0 aliphatic rings. The second-order valence-electron chi connectivity index (χ2n) is 5.72. The van der Waals surface area contributed by atoms with Crippen molar-refractivity contribution in [2.45, 2.75) is 25.2 Å². The first-order valence-electron chi connectivity index (χ1n) is 7.94. The van der Waals surface area contributed by atoms with Gasteiger partial charge in [0.15, 0.2) is 5.78 Å². The molecule has 0 saturated heterocycles. The highest BCUT2D eigenvalue weighted by atomic mass is 35.5. The van der Waals surface area contributed by atoms with Gasteiger partial charge >= 0.3 is 0 Å². The highest BCUT2D eigenvalue weighted by Crippen LogP contribution is 2.29. The van der Waals surface area contributed by atoms with Gasteiger partial charge in [0.25, 0.3) is 0 Å². The van der Waals surface area contributed by atoms with Crippen LogP contribution in [-0.4, -0.2) is 11.7 Å². The molecule has 8 heteroatoms. The fraction of sp³-hybridized carbons (Fsp3) is 0.211. The molecule has 1 atom stereocenters. The van der Waals surface area contributed by atoms with E-state index in [0.717, 1.165) is 0 Å². The van der Waals surface area contributed by atoms with Crippen molar-refractivity contribution in [1.29, 1.82) is 5.26 Å². The average Bonchev–Trinajstić information content (AvgIpc) is 2.60. The van der Waals surface area contributed by atoms with E-state index < -0.39 is 5.92 Å². The van der Waals surface area contributed by atoms with E-state index in [1.54, 1.807) is 30.3 Å². The fourth-order valence-electron chi connectivity index (χ4n) is 2.42. The van der Waals surface area contributed by atoms with Gasteiger partial charge in [-0.15, -0.1) is 0 Å². The number of Topliss-reactive ketones (excluding diaryl/α,β-unsaturated/α-hetero) is 1. The highest BCUT2D eigenvalue weighted by Gasteiger charge is 2.22. The maximum absolute atomic E-state index is 12.4. The second kappa shape index (κ2) is 9.96. The summed E-state index contributed by atoms with van der Waals surface area (Å²) in [7, 11) is 0. The van der Waals surface area contributed by atoms with Crippen molar-refractivity contribution in [2.75, 3.05) is 5.32 Å². The van der Waals surface area contributed by atoms with E-state index in [-0.39, 0.29) is 36.0 Å². The summed E-state index contributed by atoms with van der Waals surface area (Å²) >= 11 is 23.8. The van der Waals surface area contributed by atoms with Crippen molar-refractivity contribution in [3.8, 4) is 6.07 Å². The number of amides is 1. The summed E-state index contributed by atoms with van der Waals surface area (Å²) in [6.45, 7) is 0. The molecule has 2 aromatic rings. The minimum atomic E-state index is -1.000. The maximum atomic E-state index is 12.4. The van der Waals surface area contributed by atoms with E-state index >= 15 is 0 Å². The molecule has 4 nitrogen and oxygen atoms in total. The van der Waals surface area contributed by atoms with Crippen LogP contribution in [0.2, 0.25) is 20.1 Å². The summed E-state index contributed by atoms with van der Waals surface area (Å²) in [6.07, 6.45) is 0.446. The Labute approximate surface area is 177 Å². The summed E-state index contributed by atoms with van der Waals surface area (Å²) in [4.78, 5) is 24.4. The molecule has 1 amide bonds. The number of rotatable bonds is 7. The van der Waals surface area contributed by atoms with E-state index in [2.05, 4.69) is 5.32 Å². The van der Waals surface area contributed by atoms with Crippen molar-refractivity contribution < 1.29 is 9.59 Å². The van der Waals surface area contributed by atoms with Crippen molar-refractivity contribution in [3.63, 3.8) is 0 Å². The summed E-state index contributed by atoms with van der Waals surface area (Å²) in [5.41, 5.74) is 0.812. The first kappa shape index (κ1) is 21.5. The number of nitrogens with zero attached hydrogens (tertiary/aromatic N) is 1. The van der Waals surface area contributed by atoms with Crippen LogP contribution in [0.4, 0.5) is 5.69 Å². The number of carbonyl (C=O) groups is 2. The van der Waals surface area contributed by atoms with Crippen molar-refractivity contribution >= 4 is 63.8 Å². The predicted molar refractivity (Wildman–Crippen MR) is 109 cm³/mol. The number of nitriles is 1. The zero-order valence-electron chi connectivity index (χ0n) is 13.9. The van der Waals surface area contributed by atoms with Crippen LogP contribution in [-0.2, 0) is 9.59 Å². The average molecular weight is 444 g/mol. The number of hydrogen-bond acceptors (Lipinski definition) is 3. The third-order valence-corrected chi connectivity index (χ3v) is 4.88. The van der Waals surface area contributed by atoms with Gasteiger partial charge in [0, 0.05) is 27.9 Å². The molecule has 27 heavy (non-hydrogen) atoms. The van der Waals surface area contributed by atoms with E-state index in [9.17, 15) is 14.9 Å². The molecular formula is C19H14Cl4N2O2. The lowest BCUT2D eigenvalue weighted by atomic mass is 9.93. The second-order valence-corrected chi connectivity index (χ2v) is 7.41. The quantitative estimate of drug-likeness (QED) is 0.546. The van der Waals surface area contributed by atoms with Crippen LogP contribution >= 0.6 is 46.4 Å². The summed E-state index contributed by atoms with van der Waals surface area (Å²) in [5, 5.41) is 13.5. The van der Waals surface area contributed by atoms with Gasteiger partial charge in [0.2, 0.25) is 5.91 Å². The number of carbonyl (C=O) groups excluding carboxylic acids is 2. The lowest BCUT2D eigenvalue weighted by molar-refractivity contribution is -0.119. The third kappa shape index (κ3) is 6.12. The van der Waals surface area contributed by atoms with Crippen molar-refractivity contribution in [1.82, 2.24) is 0 Å². The van der Waals surface area contributed by atoms with Gasteiger partial charge in [-0.2, -0.15) is 5.26 Å². The Bertz CT molecular complexity index is 909. The Kier molecular flexibility index (Phi) is 7.94. The van der Waals surface area contributed by atoms with Crippen LogP contribution in [0.1, 0.15) is 30.7 Å². The maximum Gasteiger partial charge on any atom is 0.224 e. The van der Waals surface area contributed by atoms with Gasteiger partial charge in [0.1, 0.15) is 5.92 Å². The zero-order chi connectivity index (χ0) is 20.0. The summed E-state index contributed by atoms with van der Waals surface area (Å²) in [6, 6.07) is 11.3. The predicted octanol–water partition coefficient (Wildman–Crippen LogP) is 6.29. The minimum Gasteiger partial charge on any atom is -0.325 e. The van der Waals surface area contributed by atoms with Crippen LogP contribution in [0.5, 0.6) is 0 Å². The summed E-state index contributed by atoms with van der Waals surface area (Å²) < 4.78 is 0. The molecule has 2 rings (SSSR count). The molecule has 1 N–H and O–H groups in total. The Morgan fingerprint density at radius 1 is 0.963 bits per heavy atom. The normalized spacial score (nSPS) is 11.5. The lowest BCUT2D eigenvalue weighted by Crippen LogP contribution is -2.15. The molecule has 0 bridgehead atoms. The Hall–Kier alpha value is -1.77. The topological polar surface area (TPSA) is 70.0 Å². The number of hydrogen-bond donors (Lipinski definition) is 1. The molecule has 0 aliphatic carbocycles. The van der Waals surface area contributed by atoms with Crippen LogP contribution in [0.3, 0.4) is 0 Å². The van der Waals surface area contributed by atoms with Crippen LogP contribution in [0.15, 0.2) is 36.4 Å². The molecular weight excluding hydrogens is 430 g/mol. The molecule has 0 aromatic heterocycles. The molecule has 0 spiro atoms. The van der Waals surface area contributed by atoms with E-state index in [0.29, 0.717) is 26.3 Å². The lowest BCUT2D eigenvalue weighted by Gasteiger charge is -2.11. The molecule has 0 unspecified atom stereocenters. The number of benzene rings is 2.